The summed E-state index contributed by atoms with van der Waals surface area (Å²) in [6.07, 6.45) is -0.571. The summed E-state index contributed by atoms with van der Waals surface area (Å²) in [5, 5.41) is 0. The fraction of sp³-hybridized carbons (Fsp3) is 0.318. The maximum atomic E-state index is 12.8. The van der Waals surface area contributed by atoms with Crippen LogP contribution in [0.3, 0.4) is 0 Å². The highest BCUT2D eigenvalue weighted by atomic mass is 19.4. The van der Waals surface area contributed by atoms with Crippen LogP contribution in [0.25, 0.3) is 6.08 Å². The number of benzene rings is 2. The van der Waals surface area contributed by atoms with Crippen molar-refractivity contribution in [2.45, 2.75) is 25.6 Å². The number of alkyl halides is 3. The van der Waals surface area contributed by atoms with E-state index in [1.54, 1.807) is 18.2 Å². The van der Waals surface area contributed by atoms with Gasteiger partial charge in [-0.15, -0.1) is 0 Å². The molecule has 0 aliphatic carbocycles. The number of hydrogen-bond donors (Lipinski definition) is 0. The number of carbonyl (C=O) groups is 1. The summed E-state index contributed by atoms with van der Waals surface area (Å²) in [6, 6.07) is 12.4. The summed E-state index contributed by atoms with van der Waals surface area (Å²) in [5.74, 6) is 0.949. The number of rotatable bonds is 4. The van der Waals surface area contributed by atoms with Crippen LogP contribution in [-0.4, -0.2) is 23.8 Å². The molecular weight excluding hydrogens is 367 g/mol. The van der Waals surface area contributed by atoms with Crippen LogP contribution in [0.5, 0.6) is 5.75 Å². The van der Waals surface area contributed by atoms with E-state index in [0.717, 1.165) is 49.3 Å². The number of fused-ring (bicyclic) bond motifs is 3. The minimum absolute atomic E-state index is 0.0539. The van der Waals surface area contributed by atoms with Crippen LogP contribution >= 0.6 is 0 Å². The van der Waals surface area contributed by atoms with Gasteiger partial charge in [-0.25, -0.2) is 0 Å². The van der Waals surface area contributed by atoms with Crippen molar-refractivity contribution in [3.63, 3.8) is 0 Å². The second-order valence-electron chi connectivity index (χ2n) is 7.21. The molecule has 0 amide bonds. The Morgan fingerprint density at radius 1 is 1.07 bits per heavy atom. The molecule has 3 aliphatic rings. The summed E-state index contributed by atoms with van der Waals surface area (Å²) in [4.78, 5) is 14.5. The molecule has 2 bridgehead atoms. The summed E-state index contributed by atoms with van der Waals surface area (Å²) in [6.45, 7) is 1.92. The van der Waals surface area contributed by atoms with E-state index in [-0.39, 0.29) is 18.3 Å². The van der Waals surface area contributed by atoms with E-state index in [0.29, 0.717) is 11.3 Å². The summed E-state index contributed by atoms with van der Waals surface area (Å²) < 4.78 is 43.9. The highest BCUT2D eigenvalue weighted by Crippen LogP contribution is 2.33. The molecule has 0 atom stereocenters. The molecule has 0 saturated carbocycles. The number of piperidine rings is 3. The van der Waals surface area contributed by atoms with Crippen molar-refractivity contribution in [2.75, 3.05) is 13.1 Å². The predicted molar refractivity (Wildman–Crippen MR) is 99.5 cm³/mol. The van der Waals surface area contributed by atoms with Gasteiger partial charge in [-0.3, -0.25) is 4.79 Å². The minimum Gasteiger partial charge on any atom is -0.489 e. The van der Waals surface area contributed by atoms with Crippen LogP contribution in [0.15, 0.2) is 54.2 Å². The number of halogens is 3. The summed E-state index contributed by atoms with van der Waals surface area (Å²) in [7, 11) is 0. The number of ketones is 1. The van der Waals surface area contributed by atoms with Crippen LogP contribution in [-0.2, 0) is 17.6 Å². The van der Waals surface area contributed by atoms with Crippen molar-refractivity contribution in [3.8, 4) is 5.75 Å². The monoisotopic (exact) mass is 387 g/mol. The molecule has 3 saturated heterocycles. The molecule has 0 aromatic heterocycles. The van der Waals surface area contributed by atoms with E-state index in [1.165, 1.54) is 6.07 Å². The molecule has 3 fully saturated rings. The van der Waals surface area contributed by atoms with Gasteiger partial charge in [-0.05, 0) is 54.3 Å². The number of hydrogen-bond acceptors (Lipinski definition) is 3. The molecule has 146 valence electrons. The molecular formula is C22H20F3NO2. The zero-order valence-corrected chi connectivity index (χ0v) is 15.2. The highest BCUT2D eigenvalue weighted by Gasteiger charge is 2.36. The van der Waals surface area contributed by atoms with Gasteiger partial charge in [-0.2, -0.15) is 13.2 Å². The molecule has 6 heteroatoms. The van der Waals surface area contributed by atoms with E-state index < -0.39 is 11.7 Å². The first-order valence-corrected chi connectivity index (χ1v) is 9.30. The second kappa shape index (κ2) is 7.34. The molecule has 0 N–H and O–H groups in total. The van der Waals surface area contributed by atoms with Crippen molar-refractivity contribution in [3.05, 3.63) is 70.9 Å². The molecule has 5 rings (SSSR count). The SMILES string of the molecule is O=C1C(=Cc2ccc(OCc3cccc(C(F)(F)F)c3)cc2)N2CCC1CC2. The fourth-order valence-electron chi connectivity index (χ4n) is 3.73. The first-order chi connectivity index (χ1) is 13.4. The highest BCUT2D eigenvalue weighted by molar-refractivity contribution is 6.01. The molecule has 0 radical (unpaired) electrons. The summed E-state index contributed by atoms with van der Waals surface area (Å²) >= 11 is 0. The Morgan fingerprint density at radius 2 is 1.79 bits per heavy atom. The maximum Gasteiger partial charge on any atom is 0.416 e. The van der Waals surface area contributed by atoms with Crippen molar-refractivity contribution in [2.24, 2.45) is 5.92 Å². The Labute approximate surface area is 161 Å². The second-order valence-corrected chi connectivity index (χ2v) is 7.21. The quantitative estimate of drug-likeness (QED) is 0.698. The Morgan fingerprint density at radius 3 is 2.43 bits per heavy atom. The van der Waals surface area contributed by atoms with E-state index in [9.17, 15) is 18.0 Å². The van der Waals surface area contributed by atoms with Crippen molar-refractivity contribution in [1.29, 1.82) is 0 Å². The van der Waals surface area contributed by atoms with Gasteiger partial charge in [-0.1, -0.05) is 24.3 Å². The lowest BCUT2D eigenvalue weighted by atomic mass is 9.84. The number of Topliss-reactive ketones (excluding diaryl/α,β-unsaturated/α-hetero) is 1. The molecule has 3 nitrogen and oxygen atoms in total. The van der Waals surface area contributed by atoms with Crippen molar-refractivity contribution >= 4 is 11.9 Å². The maximum absolute atomic E-state index is 12.8. The third kappa shape index (κ3) is 3.91. The van der Waals surface area contributed by atoms with Gasteiger partial charge >= 0.3 is 6.18 Å². The zero-order valence-electron chi connectivity index (χ0n) is 15.2. The van der Waals surface area contributed by atoms with E-state index in [1.807, 2.05) is 18.2 Å². The van der Waals surface area contributed by atoms with Gasteiger partial charge in [0.2, 0.25) is 0 Å². The van der Waals surface area contributed by atoms with Crippen LogP contribution < -0.4 is 4.74 Å². The van der Waals surface area contributed by atoms with Crippen LogP contribution in [0.1, 0.15) is 29.5 Å². The third-order valence-corrected chi connectivity index (χ3v) is 5.30. The third-order valence-electron chi connectivity index (χ3n) is 5.30. The lowest BCUT2D eigenvalue weighted by molar-refractivity contribution is -0.137. The largest absolute Gasteiger partial charge is 0.489 e. The van der Waals surface area contributed by atoms with Gasteiger partial charge in [0.15, 0.2) is 5.78 Å². The topological polar surface area (TPSA) is 29.5 Å². The fourth-order valence-corrected chi connectivity index (χ4v) is 3.73. The van der Waals surface area contributed by atoms with Gasteiger partial charge in [0.05, 0.1) is 11.3 Å². The Balaban J connectivity index is 1.42. The molecule has 3 aliphatic heterocycles. The first-order valence-electron chi connectivity index (χ1n) is 9.30. The number of ether oxygens (including phenoxy) is 1. The average Bonchev–Trinajstić information content (AvgIpc) is 2.70. The van der Waals surface area contributed by atoms with E-state index >= 15 is 0 Å². The first kappa shape index (κ1) is 18.6. The van der Waals surface area contributed by atoms with Gasteiger partial charge in [0, 0.05) is 19.0 Å². The molecule has 3 heterocycles. The Kier molecular flexibility index (Phi) is 4.87. The lowest BCUT2D eigenvalue weighted by Gasteiger charge is -2.41. The predicted octanol–water partition coefficient (Wildman–Crippen LogP) is 4.92. The van der Waals surface area contributed by atoms with Gasteiger partial charge < -0.3 is 9.64 Å². The number of carbonyl (C=O) groups excluding carboxylic acids is 1. The van der Waals surface area contributed by atoms with Gasteiger partial charge in [0.25, 0.3) is 0 Å². The van der Waals surface area contributed by atoms with Gasteiger partial charge in [0.1, 0.15) is 12.4 Å². The van der Waals surface area contributed by atoms with Crippen LogP contribution in [0.2, 0.25) is 0 Å². The molecule has 0 spiro atoms. The zero-order chi connectivity index (χ0) is 19.7. The molecule has 2 aromatic carbocycles. The standard InChI is InChI=1S/C22H20F3NO2/c23-22(24,25)18-3-1-2-16(12-18)14-28-19-6-4-15(5-7-19)13-20-21(27)17-8-10-26(20)11-9-17/h1-7,12-13,17H,8-11,14H2. The smallest absolute Gasteiger partial charge is 0.416 e. The van der Waals surface area contributed by atoms with E-state index in [4.69, 9.17) is 4.74 Å². The molecule has 28 heavy (non-hydrogen) atoms. The molecule has 0 unspecified atom stereocenters. The number of nitrogens with zero attached hydrogens (tertiary/aromatic N) is 1. The van der Waals surface area contributed by atoms with Crippen molar-refractivity contribution in [1.82, 2.24) is 4.90 Å². The van der Waals surface area contributed by atoms with Crippen LogP contribution in [0, 0.1) is 5.92 Å². The normalized spacial score (nSPS) is 18.8. The molecule has 2 aromatic rings. The van der Waals surface area contributed by atoms with Crippen LogP contribution in [0.4, 0.5) is 13.2 Å². The minimum atomic E-state index is -4.36. The van der Waals surface area contributed by atoms with E-state index in [2.05, 4.69) is 4.90 Å². The summed E-state index contributed by atoms with van der Waals surface area (Å²) in [5.41, 5.74) is 1.46. The number of allylic oxidation sites excluding steroid dienone is 1. The average molecular weight is 387 g/mol. The Hall–Kier alpha value is -2.76. The van der Waals surface area contributed by atoms with Crippen molar-refractivity contribution < 1.29 is 22.7 Å². The Bertz CT molecular complexity index is 895. The lowest BCUT2D eigenvalue weighted by Crippen LogP contribution is -2.45.